The maximum atomic E-state index is 11.7. The number of nitro benzene ring substituents is 1. The van der Waals surface area contributed by atoms with Crippen molar-refractivity contribution in [1.82, 2.24) is 0 Å². The smallest absolute Gasteiger partial charge is 0.383 e. The molecule has 0 fully saturated rings. The molecule has 1 aromatic carbocycles. The second-order valence-corrected chi connectivity index (χ2v) is 4.74. The van der Waals surface area contributed by atoms with E-state index in [4.69, 9.17) is 9.15 Å². The molecule has 0 saturated heterocycles. The molecular weight excluding hydrogens is 318 g/mol. The molecule has 1 aromatic heterocycles. The molecule has 0 spiro atoms. The molecule has 0 amide bonds. The number of carbonyl (C=O) groups excluding carboxylic acids is 2. The number of nitro groups is 1. The van der Waals surface area contributed by atoms with E-state index >= 15 is 0 Å². The molecule has 1 heterocycles. The van der Waals surface area contributed by atoms with Gasteiger partial charge in [0.25, 0.3) is 5.69 Å². The zero-order valence-electron chi connectivity index (χ0n) is 12.9. The molecule has 0 unspecified atom stereocenters. The van der Waals surface area contributed by atoms with Crippen molar-refractivity contribution >= 4 is 17.4 Å². The minimum Gasteiger partial charge on any atom is -0.460 e. The molecule has 0 N–H and O–H groups in total. The van der Waals surface area contributed by atoms with Crippen molar-refractivity contribution in [3.63, 3.8) is 0 Å². The fraction of sp³-hybridized carbons (Fsp3) is 0.250. The van der Waals surface area contributed by atoms with E-state index in [1.54, 1.807) is 19.1 Å². The number of rotatable bonds is 8. The van der Waals surface area contributed by atoms with E-state index in [-0.39, 0.29) is 31.3 Å². The van der Waals surface area contributed by atoms with Crippen LogP contribution >= 0.6 is 0 Å². The highest BCUT2D eigenvalue weighted by Crippen LogP contribution is 2.15. The Labute approximate surface area is 137 Å². The number of carbonyl (C=O) groups is 2. The standard InChI is InChI=1S/C16H15NO7/c1-2-23-16(19)15(18)14-7-6-13(24-14)10-22-9-11-4-3-5-12(8-11)17(20)21/h3-8H,2,9-10H2,1H3. The Balaban J connectivity index is 1.89. The van der Waals surface area contributed by atoms with E-state index in [1.165, 1.54) is 24.3 Å². The average molecular weight is 333 g/mol. The van der Waals surface area contributed by atoms with Gasteiger partial charge in [-0.3, -0.25) is 14.9 Å². The monoisotopic (exact) mass is 333 g/mol. The molecule has 0 radical (unpaired) electrons. The summed E-state index contributed by atoms with van der Waals surface area (Å²) in [6.45, 7) is 1.90. The van der Waals surface area contributed by atoms with Gasteiger partial charge in [-0.05, 0) is 24.6 Å². The predicted octanol–water partition coefficient (Wildman–Crippen LogP) is 2.65. The lowest BCUT2D eigenvalue weighted by atomic mass is 10.2. The summed E-state index contributed by atoms with van der Waals surface area (Å²) >= 11 is 0. The fourth-order valence-corrected chi connectivity index (χ4v) is 1.90. The zero-order valence-corrected chi connectivity index (χ0v) is 12.9. The van der Waals surface area contributed by atoms with Crippen LogP contribution in [0, 0.1) is 10.1 Å². The van der Waals surface area contributed by atoms with Crippen molar-refractivity contribution in [2.45, 2.75) is 20.1 Å². The van der Waals surface area contributed by atoms with Crippen LogP contribution in [0.5, 0.6) is 0 Å². The number of non-ortho nitro benzene ring substituents is 1. The maximum Gasteiger partial charge on any atom is 0.383 e. The highest BCUT2D eigenvalue weighted by Gasteiger charge is 2.21. The van der Waals surface area contributed by atoms with Gasteiger partial charge in [0.15, 0.2) is 5.76 Å². The van der Waals surface area contributed by atoms with Crippen LogP contribution in [-0.4, -0.2) is 23.3 Å². The van der Waals surface area contributed by atoms with E-state index in [2.05, 4.69) is 4.74 Å². The second kappa shape index (κ2) is 8.02. The number of ketones is 1. The molecule has 8 heteroatoms. The highest BCUT2D eigenvalue weighted by atomic mass is 16.6. The number of ether oxygens (including phenoxy) is 2. The molecule has 24 heavy (non-hydrogen) atoms. The Kier molecular flexibility index (Phi) is 5.80. The van der Waals surface area contributed by atoms with Crippen molar-refractivity contribution in [2.24, 2.45) is 0 Å². The van der Waals surface area contributed by atoms with Crippen LogP contribution in [-0.2, 0) is 27.5 Å². The van der Waals surface area contributed by atoms with Gasteiger partial charge in [-0.1, -0.05) is 12.1 Å². The Morgan fingerprint density at radius 1 is 1.21 bits per heavy atom. The van der Waals surface area contributed by atoms with Crippen molar-refractivity contribution in [1.29, 1.82) is 0 Å². The summed E-state index contributed by atoms with van der Waals surface area (Å²) in [7, 11) is 0. The summed E-state index contributed by atoms with van der Waals surface area (Å²) < 4.78 is 15.2. The van der Waals surface area contributed by atoms with Crippen molar-refractivity contribution in [3.8, 4) is 0 Å². The molecule has 2 aromatic rings. The summed E-state index contributed by atoms with van der Waals surface area (Å²) in [5, 5.41) is 10.7. The van der Waals surface area contributed by atoms with Gasteiger partial charge in [-0.2, -0.15) is 0 Å². The third-order valence-electron chi connectivity index (χ3n) is 2.98. The summed E-state index contributed by atoms with van der Waals surface area (Å²) in [6.07, 6.45) is 0. The first-order valence-electron chi connectivity index (χ1n) is 7.12. The number of benzene rings is 1. The van der Waals surface area contributed by atoms with Crippen LogP contribution in [0.4, 0.5) is 5.69 Å². The van der Waals surface area contributed by atoms with Crippen LogP contribution in [0.25, 0.3) is 0 Å². The van der Waals surface area contributed by atoms with Crippen molar-refractivity contribution in [2.75, 3.05) is 6.61 Å². The van der Waals surface area contributed by atoms with Crippen LogP contribution in [0.15, 0.2) is 40.8 Å². The molecule has 126 valence electrons. The Bertz CT molecular complexity index is 750. The average Bonchev–Trinajstić information content (AvgIpc) is 3.03. The van der Waals surface area contributed by atoms with E-state index < -0.39 is 16.7 Å². The van der Waals surface area contributed by atoms with Crippen molar-refractivity contribution < 1.29 is 28.4 Å². The summed E-state index contributed by atoms with van der Waals surface area (Å²) in [5.41, 5.74) is 0.620. The van der Waals surface area contributed by atoms with Gasteiger partial charge in [0.2, 0.25) is 0 Å². The molecule has 0 aliphatic carbocycles. The molecule has 2 rings (SSSR count). The van der Waals surface area contributed by atoms with E-state index in [0.29, 0.717) is 11.3 Å². The first kappa shape index (κ1) is 17.4. The topological polar surface area (TPSA) is 109 Å². The minimum absolute atomic E-state index is 0.0172. The van der Waals surface area contributed by atoms with Crippen LogP contribution in [0.1, 0.15) is 28.8 Å². The third kappa shape index (κ3) is 4.50. The number of esters is 1. The first-order chi connectivity index (χ1) is 11.5. The lowest BCUT2D eigenvalue weighted by Gasteiger charge is -2.02. The highest BCUT2D eigenvalue weighted by molar-refractivity contribution is 6.39. The molecule has 0 atom stereocenters. The van der Waals surface area contributed by atoms with E-state index in [1.807, 2.05) is 0 Å². The van der Waals surface area contributed by atoms with Gasteiger partial charge in [-0.25, -0.2) is 4.79 Å². The van der Waals surface area contributed by atoms with Gasteiger partial charge in [0.1, 0.15) is 12.4 Å². The van der Waals surface area contributed by atoms with Gasteiger partial charge in [0.05, 0.1) is 18.1 Å². The lowest BCUT2D eigenvalue weighted by molar-refractivity contribution is -0.385. The number of Topliss-reactive ketones (excluding diaryl/α,β-unsaturated/α-hetero) is 1. The molecule has 8 nitrogen and oxygen atoms in total. The zero-order chi connectivity index (χ0) is 17.5. The second-order valence-electron chi connectivity index (χ2n) is 4.74. The maximum absolute atomic E-state index is 11.7. The molecule has 0 aliphatic heterocycles. The van der Waals surface area contributed by atoms with Crippen LogP contribution < -0.4 is 0 Å². The van der Waals surface area contributed by atoms with Gasteiger partial charge >= 0.3 is 11.8 Å². The summed E-state index contributed by atoms with van der Waals surface area (Å²) in [4.78, 5) is 33.2. The SMILES string of the molecule is CCOC(=O)C(=O)c1ccc(COCc2cccc([N+](=O)[O-])c2)o1. The minimum atomic E-state index is -0.976. The molecule has 0 saturated carbocycles. The fourth-order valence-electron chi connectivity index (χ4n) is 1.90. The molecular formula is C16H15NO7. The molecule has 0 aliphatic rings. The van der Waals surface area contributed by atoms with E-state index in [9.17, 15) is 19.7 Å². The Morgan fingerprint density at radius 2 is 2.00 bits per heavy atom. The summed E-state index contributed by atoms with van der Waals surface area (Å²) in [5.74, 6) is -1.60. The largest absolute Gasteiger partial charge is 0.460 e. The Morgan fingerprint density at radius 3 is 2.71 bits per heavy atom. The third-order valence-corrected chi connectivity index (χ3v) is 2.98. The molecule has 0 bridgehead atoms. The van der Waals surface area contributed by atoms with Gasteiger partial charge < -0.3 is 13.9 Å². The first-order valence-corrected chi connectivity index (χ1v) is 7.12. The van der Waals surface area contributed by atoms with Gasteiger partial charge in [0, 0.05) is 12.1 Å². The van der Waals surface area contributed by atoms with Crippen LogP contribution in [0.2, 0.25) is 0 Å². The van der Waals surface area contributed by atoms with Crippen LogP contribution in [0.3, 0.4) is 0 Å². The number of hydrogen-bond donors (Lipinski definition) is 0. The summed E-state index contributed by atoms with van der Waals surface area (Å²) in [6, 6.07) is 8.96. The predicted molar refractivity (Wildman–Crippen MR) is 81.3 cm³/mol. The lowest BCUT2D eigenvalue weighted by Crippen LogP contribution is -2.16. The van der Waals surface area contributed by atoms with Crippen molar-refractivity contribution in [3.05, 3.63) is 63.6 Å². The number of furan rings is 1. The quantitative estimate of drug-likeness (QED) is 0.240. The number of nitrogens with zero attached hydrogens (tertiary/aromatic N) is 1. The van der Waals surface area contributed by atoms with Gasteiger partial charge in [-0.15, -0.1) is 0 Å². The Hall–Kier alpha value is -3.00. The number of hydrogen-bond acceptors (Lipinski definition) is 7. The van der Waals surface area contributed by atoms with E-state index in [0.717, 1.165) is 0 Å². The normalized spacial score (nSPS) is 10.4.